The molecule has 30 heavy (non-hydrogen) atoms. The lowest BCUT2D eigenvalue weighted by molar-refractivity contribution is -0.348. The standard InChI is InChI=1S/C19H29O10P/c1-19(24,11-8-14-28-18(23)10-7-13-21)17(29-30(25,26)27)15-16(22)9-5-3-2-4-6-12-20/h2-11,16-17,20-22,24H,12-15H2,1H3,(H2,25,26,27)/p-2/b3-2-,6-4+,9-5-,10-7-,11-8+/t16-,17+,19+/m0/s1. The summed E-state index contributed by atoms with van der Waals surface area (Å²) >= 11 is 0. The maximum Gasteiger partial charge on any atom is 0.330 e. The number of carbonyl (C=O) groups is 1. The van der Waals surface area contributed by atoms with Crippen LogP contribution in [0.1, 0.15) is 13.3 Å². The predicted octanol–water partition coefficient (Wildman–Crippen LogP) is -0.989. The Morgan fingerprint density at radius 2 is 1.73 bits per heavy atom. The number of aliphatic hydroxyl groups excluding tert-OH is 3. The maximum atomic E-state index is 11.3. The first-order valence-corrected chi connectivity index (χ1v) is 10.3. The van der Waals surface area contributed by atoms with Crippen molar-refractivity contribution in [3.63, 3.8) is 0 Å². The van der Waals surface area contributed by atoms with E-state index in [1.807, 2.05) is 0 Å². The lowest BCUT2D eigenvalue weighted by Crippen LogP contribution is -2.42. The van der Waals surface area contributed by atoms with Crippen LogP contribution in [0.15, 0.2) is 60.8 Å². The molecule has 0 fully saturated rings. The van der Waals surface area contributed by atoms with Gasteiger partial charge in [0.15, 0.2) is 0 Å². The summed E-state index contributed by atoms with van der Waals surface area (Å²) in [5.41, 5.74) is -1.99. The highest BCUT2D eigenvalue weighted by atomic mass is 31.2. The fourth-order valence-electron chi connectivity index (χ4n) is 2.02. The van der Waals surface area contributed by atoms with Gasteiger partial charge in [0.25, 0.3) is 0 Å². The molecule has 3 atom stereocenters. The molecule has 0 radical (unpaired) electrons. The van der Waals surface area contributed by atoms with Crippen molar-refractivity contribution < 1.29 is 48.8 Å². The Morgan fingerprint density at radius 3 is 2.33 bits per heavy atom. The number of phosphoric ester groups is 1. The van der Waals surface area contributed by atoms with E-state index < -0.39 is 38.0 Å². The summed E-state index contributed by atoms with van der Waals surface area (Å²) in [5.74, 6) is -0.743. The molecule has 0 bridgehead atoms. The minimum Gasteiger partial charge on any atom is -0.790 e. The molecule has 10 nitrogen and oxygen atoms in total. The van der Waals surface area contributed by atoms with E-state index in [1.165, 1.54) is 36.5 Å². The molecule has 0 aliphatic carbocycles. The second kappa shape index (κ2) is 15.0. The number of esters is 1. The van der Waals surface area contributed by atoms with Gasteiger partial charge in [-0.15, -0.1) is 0 Å². The van der Waals surface area contributed by atoms with E-state index in [-0.39, 0.29) is 19.8 Å². The zero-order valence-corrected chi connectivity index (χ0v) is 17.3. The molecule has 0 saturated carbocycles. The molecule has 0 spiro atoms. The van der Waals surface area contributed by atoms with Gasteiger partial charge in [0.2, 0.25) is 0 Å². The summed E-state index contributed by atoms with van der Waals surface area (Å²) in [7, 11) is -5.48. The third-order valence-corrected chi connectivity index (χ3v) is 3.92. The Bertz CT molecular complexity index is 687. The van der Waals surface area contributed by atoms with E-state index in [4.69, 9.17) is 14.9 Å². The highest BCUT2D eigenvalue weighted by Gasteiger charge is 2.32. The summed E-state index contributed by atoms with van der Waals surface area (Å²) in [6, 6.07) is 0. The molecule has 0 aliphatic rings. The van der Waals surface area contributed by atoms with Gasteiger partial charge in [0.05, 0.1) is 33.2 Å². The lowest BCUT2D eigenvalue weighted by Gasteiger charge is -2.39. The summed E-state index contributed by atoms with van der Waals surface area (Å²) in [6.45, 7) is 0.419. The highest BCUT2D eigenvalue weighted by molar-refractivity contribution is 7.43. The first-order chi connectivity index (χ1) is 14.0. The van der Waals surface area contributed by atoms with Crippen LogP contribution in [0.3, 0.4) is 0 Å². The summed E-state index contributed by atoms with van der Waals surface area (Å²) in [4.78, 5) is 33.3. The Morgan fingerprint density at radius 1 is 1.10 bits per heavy atom. The normalized spacial score (nSPS) is 17.4. The second-order valence-corrected chi connectivity index (χ2v) is 7.17. The Hall–Kier alpha value is -1.88. The smallest absolute Gasteiger partial charge is 0.330 e. The first kappa shape index (κ1) is 28.1. The van der Waals surface area contributed by atoms with Crippen LogP contribution in [0.25, 0.3) is 0 Å². The number of hydrogen-bond donors (Lipinski definition) is 4. The van der Waals surface area contributed by atoms with Crippen molar-refractivity contribution in [1.82, 2.24) is 0 Å². The minimum atomic E-state index is -5.48. The molecule has 0 aliphatic heterocycles. The lowest BCUT2D eigenvalue weighted by atomic mass is 9.93. The minimum absolute atomic E-state index is 0.124. The summed E-state index contributed by atoms with van der Waals surface area (Å²) in [5, 5.41) is 37.6. The first-order valence-electron chi connectivity index (χ1n) is 8.85. The van der Waals surface area contributed by atoms with Crippen LogP contribution in [0, 0.1) is 0 Å². The summed E-state index contributed by atoms with van der Waals surface area (Å²) in [6.07, 6.45) is 10.0. The van der Waals surface area contributed by atoms with Gasteiger partial charge in [-0.3, -0.25) is 0 Å². The van der Waals surface area contributed by atoms with E-state index in [0.717, 1.165) is 19.1 Å². The van der Waals surface area contributed by atoms with Crippen LogP contribution in [-0.4, -0.2) is 64.0 Å². The molecular formula is C19H27O10P-2. The zero-order chi connectivity index (χ0) is 23.0. The Labute approximate surface area is 175 Å². The molecule has 11 heteroatoms. The van der Waals surface area contributed by atoms with Crippen LogP contribution in [0.2, 0.25) is 0 Å². The van der Waals surface area contributed by atoms with Crippen molar-refractivity contribution >= 4 is 13.8 Å². The van der Waals surface area contributed by atoms with Crippen molar-refractivity contribution in [1.29, 1.82) is 0 Å². The average Bonchev–Trinajstić information content (AvgIpc) is 2.64. The monoisotopic (exact) mass is 446 g/mol. The molecule has 0 unspecified atom stereocenters. The quantitative estimate of drug-likeness (QED) is 0.0851. The van der Waals surface area contributed by atoms with Gasteiger partial charge < -0.3 is 44.0 Å². The number of ether oxygens (including phenoxy) is 1. The Balaban J connectivity index is 5.05. The molecule has 0 rings (SSSR count). The van der Waals surface area contributed by atoms with Gasteiger partial charge in [0, 0.05) is 12.5 Å². The van der Waals surface area contributed by atoms with Crippen molar-refractivity contribution in [2.75, 3.05) is 19.8 Å². The van der Waals surface area contributed by atoms with Crippen molar-refractivity contribution in [3.05, 3.63) is 60.8 Å². The molecule has 0 aromatic heterocycles. The van der Waals surface area contributed by atoms with E-state index >= 15 is 0 Å². The van der Waals surface area contributed by atoms with E-state index in [1.54, 1.807) is 12.2 Å². The number of phosphoric acid groups is 1. The number of allylic oxidation sites excluding steroid dienone is 4. The molecule has 0 saturated heterocycles. The largest absolute Gasteiger partial charge is 0.790 e. The maximum absolute atomic E-state index is 11.3. The molecular weight excluding hydrogens is 419 g/mol. The Kier molecular flexibility index (Phi) is 14.1. The van der Waals surface area contributed by atoms with Gasteiger partial charge in [-0.05, 0) is 13.0 Å². The van der Waals surface area contributed by atoms with Gasteiger partial charge in [-0.1, -0.05) is 48.6 Å². The van der Waals surface area contributed by atoms with Crippen molar-refractivity contribution in [3.8, 4) is 0 Å². The topological polar surface area (TPSA) is 180 Å². The van der Waals surface area contributed by atoms with Crippen LogP contribution in [0.4, 0.5) is 0 Å². The fourth-order valence-corrected chi connectivity index (χ4v) is 2.63. The SMILES string of the molecule is C[C@@](O)(/C=C/COC(=O)/C=C\CO)[C@@H](C[C@@H](O)\C=C/C=C\C=C\CO)OP(=O)([O-])[O-]. The molecule has 0 aromatic carbocycles. The van der Waals surface area contributed by atoms with Crippen LogP contribution >= 0.6 is 7.82 Å². The molecule has 170 valence electrons. The molecule has 4 N–H and O–H groups in total. The second-order valence-electron chi connectivity index (χ2n) is 6.07. The molecule has 0 aromatic rings. The zero-order valence-electron chi connectivity index (χ0n) is 16.4. The fraction of sp³-hybridized carbons (Fsp3) is 0.421. The summed E-state index contributed by atoms with van der Waals surface area (Å²) < 4.78 is 20.2. The third kappa shape index (κ3) is 15.0. The number of rotatable bonds is 14. The van der Waals surface area contributed by atoms with Crippen LogP contribution in [-0.2, 0) is 18.6 Å². The van der Waals surface area contributed by atoms with E-state index in [2.05, 4.69) is 4.52 Å². The van der Waals surface area contributed by atoms with Gasteiger partial charge in [-0.2, -0.15) is 0 Å². The highest BCUT2D eigenvalue weighted by Crippen LogP contribution is 2.34. The number of carbonyl (C=O) groups excluding carboxylic acids is 1. The van der Waals surface area contributed by atoms with E-state index in [0.29, 0.717) is 0 Å². The number of hydrogen-bond acceptors (Lipinski definition) is 10. The van der Waals surface area contributed by atoms with Gasteiger partial charge in [-0.25, -0.2) is 4.79 Å². The van der Waals surface area contributed by atoms with Gasteiger partial charge in [0.1, 0.15) is 12.2 Å². The van der Waals surface area contributed by atoms with Crippen LogP contribution < -0.4 is 9.79 Å². The van der Waals surface area contributed by atoms with Crippen molar-refractivity contribution in [2.24, 2.45) is 0 Å². The number of aliphatic hydroxyl groups is 4. The van der Waals surface area contributed by atoms with Gasteiger partial charge >= 0.3 is 5.97 Å². The third-order valence-electron chi connectivity index (χ3n) is 3.41. The molecule has 0 heterocycles. The predicted molar refractivity (Wildman–Crippen MR) is 105 cm³/mol. The van der Waals surface area contributed by atoms with E-state index in [9.17, 15) is 29.4 Å². The molecule has 0 amide bonds. The van der Waals surface area contributed by atoms with Crippen molar-refractivity contribution in [2.45, 2.75) is 31.2 Å². The van der Waals surface area contributed by atoms with Crippen LogP contribution in [0.5, 0.6) is 0 Å². The average molecular weight is 446 g/mol.